The van der Waals surface area contributed by atoms with Crippen molar-refractivity contribution in [1.29, 1.82) is 0 Å². The lowest BCUT2D eigenvalue weighted by Gasteiger charge is -2.07. The summed E-state index contributed by atoms with van der Waals surface area (Å²) in [5.74, 6) is 1.81. The summed E-state index contributed by atoms with van der Waals surface area (Å²) >= 11 is 1.45. The molecule has 0 spiro atoms. The number of thiophene rings is 1. The molecule has 3 aromatic rings. The monoisotopic (exact) mass is 329 g/mol. The van der Waals surface area contributed by atoms with Gasteiger partial charge in [0.25, 0.3) is 5.56 Å². The number of nitrogens with one attached hydrogen (secondary N) is 2. The van der Waals surface area contributed by atoms with Crippen LogP contribution in [0.4, 0.5) is 5.95 Å². The number of aromatic nitrogens is 2. The third kappa shape index (κ3) is 3.37. The van der Waals surface area contributed by atoms with Gasteiger partial charge >= 0.3 is 0 Å². The second-order valence-corrected chi connectivity index (χ2v) is 6.79. The minimum Gasteiger partial charge on any atom is -0.497 e. The normalized spacial score (nSPS) is 11.1. The highest BCUT2D eigenvalue weighted by Gasteiger charge is 2.10. The zero-order valence-corrected chi connectivity index (χ0v) is 14.2. The van der Waals surface area contributed by atoms with Crippen LogP contribution in [0.5, 0.6) is 5.75 Å². The number of H-pyrrole nitrogens is 1. The molecule has 1 aromatic carbocycles. The standard InChI is InChI=1S/C17H19N3O2S/c1-10(2)9-18-17-19-13-8-14(23-15(13)16(21)20-17)11-4-6-12(22-3)7-5-11/h4-8,10H,9H2,1-3H3,(H2,18,19,20,21). The van der Waals surface area contributed by atoms with Gasteiger partial charge in [0.05, 0.1) is 12.6 Å². The number of methoxy groups -OCH3 is 1. The van der Waals surface area contributed by atoms with E-state index in [0.29, 0.717) is 16.6 Å². The zero-order chi connectivity index (χ0) is 16.4. The molecule has 0 aliphatic heterocycles. The Balaban J connectivity index is 1.97. The van der Waals surface area contributed by atoms with Gasteiger partial charge < -0.3 is 10.1 Å². The van der Waals surface area contributed by atoms with E-state index in [4.69, 9.17) is 4.74 Å². The molecule has 2 aromatic heterocycles. The summed E-state index contributed by atoms with van der Waals surface area (Å²) in [6, 6.07) is 9.74. The van der Waals surface area contributed by atoms with Crippen molar-refractivity contribution in [2.24, 2.45) is 5.92 Å². The van der Waals surface area contributed by atoms with Gasteiger partial charge in [-0.1, -0.05) is 13.8 Å². The number of hydrogen-bond donors (Lipinski definition) is 2. The topological polar surface area (TPSA) is 67.0 Å². The van der Waals surface area contributed by atoms with E-state index in [-0.39, 0.29) is 5.56 Å². The van der Waals surface area contributed by atoms with E-state index in [1.54, 1.807) is 7.11 Å². The van der Waals surface area contributed by atoms with Gasteiger partial charge in [0, 0.05) is 11.4 Å². The van der Waals surface area contributed by atoms with Gasteiger partial charge in [0.15, 0.2) is 0 Å². The number of rotatable bonds is 5. The molecule has 5 nitrogen and oxygen atoms in total. The molecule has 0 amide bonds. The molecule has 0 radical (unpaired) electrons. The number of benzene rings is 1. The van der Waals surface area contributed by atoms with Crippen LogP contribution < -0.4 is 15.6 Å². The van der Waals surface area contributed by atoms with Gasteiger partial charge in [-0.2, -0.15) is 0 Å². The Morgan fingerprint density at radius 2 is 2.04 bits per heavy atom. The highest BCUT2D eigenvalue weighted by molar-refractivity contribution is 7.22. The predicted molar refractivity (Wildman–Crippen MR) is 95.6 cm³/mol. The van der Waals surface area contributed by atoms with Crippen LogP contribution in [0.3, 0.4) is 0 Å². The molecule has 2 N–H and O–H groups in total. The summed E-state index contributed by atoms with van der Waals surface area (Å²) in [5, 5.41) is 3.16. The molecule has 6 heteroatoms. The number of fused-ring (bicyclic) bond motifs is 1. The lowest BCUT2D eigenvalue weighted by Crippen LogP contribution is -2.15. The first kappa shape index (κ1) is 15.6. The van der Waals surface area contributed by atoms with Crippen LogP contribution in [0, 0.1) is 5.92 Å². The smallest absolute Gasteiger partial charge is 0.270 e. The van der Waals surface area contributed by atoms with Crippen molar-refractivity contribution in [3.63, 3.8) is 0 Å². The molecule has 0 atom stereocenters. The summed E-state index contributed by atoms with van der Waals surface area (Å²) in [5.41, 5.74) is 1.66. The molecule has 120 valence electrons. The van der Waals surface area contributed by atoms with Crippen molar-refractivity contribution in [3.8, 4) is 16.2 Å². The van der Waals surface area contributed by atoms with Crippen LogP contribution in [0.2, 0.25) is 0 Å². The van der Waals surface area contributed by atoms with Crippen molar-refractivity contribution in [2.75, 3.05) is 19.0 Å². The average Bonchev–Trinajstić information content (AvgIpc) is 2.97. The van der Waals surface area contributed by atoms with Crippen molar-refractivity contribution >= 4 is 27.5 Å². The second-order valence-electron chi connectivity index (χ2n) is 5.74. The van der Waals surface area contributed by atoms with Crippen LogP contribution >= 0.6 is 11.3 Å². The number of anilines is 1. The predicted octanol–water partition coefficient (Wildman–Crippen LogP) is 3.73. The number of aromatic amines is 1. The maximum atomic E-state index is 12.2. The van der Waals surface area contributed by atoms with E-state index in [9.17, 15) is 4.79 Å². The van der Waals surface area contributed by atoms with Gasteiger partial charge in [0.2, 0.25) is 5.95 Å². The molecule has 0 unspecified atom stereocenters. The minimum absolute atomic E-state index is 0.106. The van der Waals surface area contributed by atoms with Gasteiger partial charge in [-0.15, -0.1) is 11.3 Å². The van der Waals surface area contributed by atoms with Crippen LogP contribution in [-0.4, -0.2) is 23.6 Å². The van der Waals surface area contributed by atoms with Crippen LogP contribution in [0.25, 0.3) is 20.7 Å². The molecule has 0 saturated heterocycles. The van der Waals surface area contributed by atoms with Crippen molar-refractivity contribution in [3.05, 3.63) is 40.7 Å². The molecule has 0 saturated carbocycles. The Bertz CT molecular complexity index is 866. The average molecular weight is 329 g/mol. The van der Waals surface area contributed by atoms with Crippen LogP contribution in [0.1, 0.15) is 13.8 Å². The Labute approximate surface area is 138 Å². The summed E-state index contributed by atoms with van der Waals surface area (Å²) < 4.78 is 5.82. The number of hydrogen-bond acceptors (Lipinski definition) is 5. The first-order valence-corrected chi connectivity index (χ1v) is 8.30. The van der Waals surface area contributed by atoms with E-state index in [1.807, 2.05) is 30.3 Å². The lowest BCUT2D eigenvalue weighted by atomic mass is 10.2. The van der Waals surface area contributed by atoms with Gasteiger partial charge in [-0.3, -0.25) is 9.78 Å². The SMILES string of the molecule is COc1ccc(-c2cc3nc(NCC(C)C)[nH]c(=O)c3s2)cc1. The number of ether oxygens (including phenoxy) is 1. The highest BCUT2D eigenvalue weighted by atomic mass is 32.1. The summed E-state index contributed by atoms with van der Waals surface area (Å²) in [6.45, 7) is 4.98. The Morgan fingerprint density at radius 3 is 2.70 bits per heavy atom. The van der Waals surface area contributed by atoms with Crippen molar-refractivity contribution < 1.29 is 4.74 Å². The Morgan fingerprint density at radius 1 is 1.30 bits per heavy atom. The maximum absolute atomic E-state index is 12.2. The van der Waals surface area contributed by atoms with Gasteiger partial charge in [-0.25, -0.2) is 4.98 Å². The third-order valence-corrected chi connectivity index (χ3v) is 4.61. The molecule has 2 heterocycles. The zero-order valence-electron chi connectivity index (χ0n) is 13.3. The second kappa shape index (κ2) is 6.42. The van der Waals surface area contributed by atoms with Crippen molar-refractivity contribution in [2.45, 2.75) is 13.8 Å². The molecular weight excluding hydrogens is 310 g/mol. The first-order valence-electron chi connectivity index (χ1n) is 7.49. The van der Waals surface area contributed by atoms with E-state index in [0.717, 1.165) is 28.3 Å². The molecule has 0 aliphatic carbocycles. The first-order chi connectivity index (χ1) is 11.1. The van der Waals surface area contributed by atoms with E-state index in [2.05, 4.69) is 29.1 Å². The minimum atomic E-state index is -0.106. The van der Waals surface area contributed by atoms with E-state index in [1.165, 1.54) is 11.3 Å². The molecule has 0 aliphatic rings. The fraction of sp³-hybridized carbons (Fsp3) is 0.294. The molecule has 0 fully saturated rings. The third-order valence-electron chi connectivity index (χ3n) is 3.44. The summed E-state index contributed by atoms with van der Waals surface area (Å²) in [6.07, 6.45) is 0. The quantitative estimate of drug-likeness (QED) is 0.748. The summed E-state index contributed by atoms with van der Waals surface area (Å²) in [4.78, 5) is 20.6. The van der Waals surface area contributed by atoms with E-state index < -0.39 is 0 Å². The lowest BCUT2D eigenvalue weighted by molar-refractivity contribution is 0.415. The highest BCUT2D eigenvalue weighted by Crippen LogP contribution is 2.32. The van der Waals surface area contributed by atoms with Crippen LogP contribution in [-0.2, 0) is 0 Å². The van der Waals surface area contributed by atoms with Crippen LogP contribution in [0.15, 0.2) is 35.1 Å². The molecule has 0 bridgehead atoms. The van der Waals surface area contributed by atoms with Gasteiger partial charge in [0.1, 0.15) is 10.4 Å². The Hall–Kier alpha value is -2.34. The molecular formula is C17H19N3O2S. The van der Waals surface area contributed by atoms with E-state index >= 15 is 0 Å². The van der Waals surface area contributed by atoms with Crippen molar-refractivity contribution in [1.82, 2.24) is 9.97 Å². The molecule has 23 heavy (non-hydrogen) atoms. The Kier molecular flexibility index (Phi) is 4.34. The van der Waals surface area contributed by atoms with Gasteiger partial charge in [-0.05, 0) is 41.8 Å². The largest absolute Gasteiger partial charge is 0.497 e. The fourth-order valence-electron chi connectivity index (χ4n) is 2.22. The fourth-order valence-corrected chi connectivity index (χ4v) is 3.22. The summed E-state index contributed by atoms with van der Waals surface area (Å²) in [7, 11) is 1.64. The molecule has 3 rings (SSSR count). The number of nitrogens with zero attached hydrogens (tertiary/aromatic N) is 1. The maximum Gasteiger partial charge on any atom is 0.270 e.